The fourth-order valence-corrected chi connectivity index (χ4v) is 6.62. The van der Waals surface area contributed by atoms with Gasteiger partial charge in [-0.25, -0.2) is 0 Å². The molecule has 1 atom stereocenters. The van der Waals surface area contributed by atoms with Gasteiger partial charge < -0.3 is 14.2 Å². The van der Waals surface area contributed by atoms with Gasteiger partial charge in [-0.2, -0.15) is 0 Å². The standard InChI is InChI=1S/C69H100O6/c1-4-7-10-13-16-19-22-25-27-29-30-31-32-33-34-35-36-37-38-40-41-44-47-50-53-56-59-62-68(71)74-65-66(64-73-67(70)61-58-55-52-49-46-43-24-21-18-15-12-9-6-3)75-69(72)63-60-57-54-51-48-45-42-39-28-26-23-20-17-14-11-8-5-2/h7-12,16-21,25-28,30-31,33-34,36-37,40-43,45-47,50-52,54-55,66H,4-6,13-15,22-24,29,32,35,38-39,44,48-49,53,56-65H2,1-3H3/b10-7-,11-8-,12-9-,19-16-,20-17-,21-18-,27-25-,28-26-,31-30-,34-33-,37-36-,41-40-,45-42-,46-43-,50-47-,54-51-,55-52-. The molecular weight excluding hydrogens is 925 g/mol. The number of esters is 3. The highest BCUT2D eigenvalue weighted by Gasteiger charge is 2.19. The van der Waals surface area contributed by atoms with E-state index in [0.29, 0.717) is 19.3 Å². The van der Waals surface area contributed by atoms with Gasteiger partial charge in [-0.1, -0.05) is 227 Å². The molecular formula is C69H100O6. The summed E-state index contributed by atoms with van der Waals surface area (Å²) >= 11 is 0. The van der Waals surface area contributed by atoms with Gasteiger partial charge >= 0.3 is 17.9 Å². The van der Waals surface area contributed by atoms with Crippen LogP contribution in [-0.4, -0.2) is 37.2 Å². The normalized spacial score (nSPS) is 13.7. The van der Waals surface area contributed by atoms with Crippen molar-refractivity contribution < 1.29 is 28.6 Å². The first kappa shape index (κ1) is 69.0. The van der Waals surface area contributed by atoms with Crippen LogP contribution >= 0.6 is 0 Å². The number of allylic oxidation sites excluding steroid dienone is 34. The molecule has 0 aliphatic heterocycles. The SMILES string of the molecule is CC/C=C\C/C=C\C/C=C\C/C=C\C/C=C\C/C=C\C/C=C\C/C=C\CCCCC(=O)OCC(COC(=O)CC/C=C\C/C=C\C/C=C\C/C=C\CC)OC(=O)CCC/C=C\C/C=C\C/C=C\C/C=C\C/C=C\CC. The van der Waals surface area contributed by atoms with Gasteiger partial charge in [-0.3, -0.25) is 14.4 Å². The summed E-state index contributed by atoms with van der Waals surface area (Å²) in [5.41, 5.74) is 0. The Bertz CT molecular complexity index is 1900. The van der Waals surface area contributed by atoms with Crippen molar-refractivity contribution >= 4 is 17.9 Å². The summed E-state index contributed by atoms with van der Waals surface area (Å²) in [5, 5.41) is 0. The summed E-state index contributed by atoms with van der Waals surface area (Å²) in [7, 11) is 0. The van der Waals surface area contributed by atoms with Crippen molar-refractivity contribution in [2.24, 2.45) is 0 Å². The number of hydrogen-bond donors (Lipinski definition) is 0. The number of carbonyl (C=O) groups is 3. The van der Waals surface area contributed by atoms with Crippen LogP contribution in [-0.2, 0) is 28.6 Å². The fourth-order valence-electron chi connectivity index (χ4n) is 6.62. The van der Waals surface area contributed by atoms with Crippen molar-refractivity contribution in [3.63, 3.8) is 0 Å². The van der Waals surface area contributed by atoms with E-state index in [-0.39, 0.29) is 38.4 Å². The van der Waals surface area contributed by atoms with E-state index in [2.05, 4.69) is 215 Å². The monoisotopic (exact) mass is 1020 g/mol. The summed E-state index contributed by atoms with van der Waals surface area (Å²) in [6.45, 7) is 6.11. The number of rotatable bonds is 48. The molecule has 0 amide bonds. The van der Waals surface area contributed by atoms with Crippen LogP contribution in [0.2, 0.25) is 0 Å². The second-order valence-electron chi connectivity index (χ2n) is 17.7. The van der Waals surface area contributed by atoms with Crippen LogP contribution in [0.25, 0.3) is 0 Å². The zero-order valence-corrected chi connectivity index (χ0v) is 47.0. The molecule has 0 saturated heterocycles. The molecule has 0 aromatic heterocycles. The minimum atomic E-state index is -0.869. The van der Waals surface area contributed by atoms with Gasteiger partial charge in [0.25, 0.3) is 0 Å². The Kier molecular flexibility index (Phi) is 55.7. The van der Waals surface area contributed by atoms with Crippen LogP contribution in [0, 0.1) is 0 Å². The number of carbonyl (C=O) groups excluding carboxylic acids is 3. The van der Waals surface area contributed by atoms with Crippen molar-refractivity contribution in [2.75, 3.05) is 13.2 Å². The largest absolute Gasteiger partial charge is 0.462 e. The van der Waals surface area contributed by atoms with E-state index >= 15 is 0 Å². The molecule has 0 aromatic carbocycles. The lowest BCUT2D eigenvalue weighted by atomic mass is 10.2. The summed E-state index contributed by atoms with van der Waals surface area (Å²) in [5.74, 6) is -1.16. The van der Waals surface area contributed by atoms with Gasteiger partial charge in [-0.05, 0) is 148 Å². The molecule has 0 aliphatic rings. The summed E-state index contributed by atoms with van der Waals surface area (Å²) in [4.78, 5) is 38.1. The van der Waals surface area contributed by atoms with Crippen LogP contribution in [0.3, 0.4) is 0 Å². The lowest BCUT2D eigenvalue weighted by Gasteiger charge is -2.18. The quantitative estimate of drug-likeness (QED) is 0.0261. The van der Waals surface area contributed by atoms with Gasteiger partial charge in [0.15, 0.2) is 6.10 Å². The highest BCUT2D eigenvalue weighted by Crippen LogP contribution is 2.09. The molecule has 0 N–H and O–H groups in total. The summed E-state index contributed by atoms with van der Waals surface area (Å²) in [6, 6.07) is 0. The second-order valence-corrected chi connectivity index (χ2v) is 17.7. The van der Waals surface area contributed by atoms with Crippen molar-refractivity contribution in [1.29, 1.82) is 0 Å². The van der Waals surface area contributed by atoms with E-state index in [1.165, 1.54) is 0 Å². The molecule has 0 heterocycles. The van der Waals surface area contributed by atoms with E-state index < -0.39 is 18.0 Å². The fraction of sp³-hybridized carbons (Fsp3) is 0.464. The molecule has 0 rings (SSSR count). The van der Waals surface area contributed by atoms with Crippen LogP contribution in [0.5, 0.6) is 0 Å². The van der Waals surface area contributed by atoms with Gasteiger partial charge in [0.05, 0.1) is 0 Å². The maximum Gasteiger partial charge on any atom is 0.306 e. The number of unbranched alkanes of at least 4 members (excludes halogenated alkanes) is 3. The maximum absolute atomic E-state index is 12.8. The van der Waals surface area contributed by atoms with E-state index in [1.807, 2.05) is 12.2 Å². The first-order valence-electron chi connectivity index (χ1n) is 28.6. The molecule has 0 spiro atoms. The smallest absolute Gasteiger partial charge is 0.306 e. The van der Waals surface area contributed by atoms with Gasteiger partial charge in [0.2, 0.25) is 0 Å². The molecule has 1 unspecified atom stereocenters. The Morgan fingerprint density at radius 3 is 0.813 bits per heavy atom. The lowest BCUT2D eigenvalue weighted by molar-refractivity contribution is -0.166. The Hall–Kier alpha value is -6.01. The third-order valence-corrected chi connectivity index (χ3v) is 10.8. The van der Waals surface area contributed by atoms with Crippen LogP contribution in [0.15, 0.2) is 207 Å². The molecule has 6 heteroatoms. The average molecular weight is 1030 g/mol. The summed E-state index contributed by atoms with van der Waals surface area (Å²) < 4.78 is 16.7. The second kappa shape index (κ2) is 60.5. The minimum Gasteiger partial charge on any atom is -0.462 e. The minimum absolute atomic E-state index is 0.158. The highest BCUT2D eigenvalue weighted by molar-refractivity contribution is 5.71. The molecule has 75 heavy (non-hydrogen) atoms. The van der Waals surface area contributed by atoms with Crippen LogP contribution < -0.4 is 0 Å². The van der Waals surface area contributed by atoms with Gasteiger partial charge in [-0.15, -0.1) is 0 Å². The maximum atomic E-state index is 12.8. The summed E-state index contributed by atoms with van der Waals surface area (Å²) in [6.07, 6.45) is 94.2. The lowest BCUT2D eigenvalue weighted by Crippen LogP contribution is -2.30. The van der Waals surface area contributed by atoms with Gasteiger partial charge in [0, 0.05) is 19.3 Å². The van der Waals surface area contributed by atoms with Crippen molar-refractivity contribution in [2.45, 2.75) is 194 Å². The van der Waals surface area contributed by atoms with E-state index in [9.17, 15) is 14.4 Å². The molecule has 412 valence electrons. The predicted octanol–water partition coefficient (Wildman–Crippen LogP) is 19.6. The topological polar surface area (TPSA) is 78.9 Å². The third-order valence-electron chi connectivity index (χ3n) is 10.8. The van der Waals surface area contributed by atoms with Crippen molar-refractivity contribution in [3.8, 4) is 0 Å². The molecule has 0 aliphatic carbocycles. The molecule has 0 aromatic rings. The van der Waals surface area contributed by atoms with Crippen molar-refractivity contribution in [1.82, 2.24) is 0 Å². The Morgan fingerprint density at radius 1 is 0.267 bits per heavy atom. The first-order chi connectivity index (χ1) is 37.0. The average Bonchev–Trinajstić information content (AvgIpc) is 3.41. The predicted molar refractivity (Wildman–Crippen MR) is 324 cm³/mol. The number of hydrogen-bond acceptors (Lipinski definition) is 6. The number of ether oxygens (including phenoxy) is 3. The Balaban J connectivity index is 4.60. The molecule has 6 nitrogen and oxygen atoms in total. The van der Waals surface area contributed by atoms with E-state index in [1.54, 1.807) is 0 Å². The van der Waals surface area contributed by atoms with E-state index in [0.717, 1.165) is 128 Å². The van der Waals surface area contributed by atoms with E-state index in [4.69, 9.17) is 14.2 Å². The first-order valence-corrected chi connectivity index (χ1v) is 28.6. The molecule has 0 bridgehead atoms. The van der Waals surface area contributed by atoms with Crippen molar-refractivity contribution in [3.05, 3.63) is 207 Å². The Morgan fingerprint density at radius 2 is 0.507 bits per heavy atom. The zero-order valence-electron chi connectivity index (χ0n) is 47.0. The third kappa shape index (κ3) is 58.7. The van der Waals surface area contributed by atoms with Gasteiger partial charge in [0.1, 0.15) is 13.2 Å². The van der Waals surface area contributed by atoms with Crippen LogP contribution in [0.1, 0.15) is 188 Å². The molecule has 0 radical (unpaired) electrons. The zero-order chi connectivity index (χ0) is 54.3. The highest BCUT2D eigenvalue weighted by atomic mass is 16.6. The van der Waals surface area contributed by atoms with Crippen LogP contribution in [0.4, 0.5) is 0 Å². The molecule has 0 fully saturated rings. The molecule has 0 saturated carbocycles. The Labute approximate surface area is 458 Å².